The summed E-state index contributed by atoms with van der Waals surface area (Å²) in [5, 5.41) is 4.10. The van der Waals surface area contributed by atoms with Crippen molar-refractivity contribution in [2.75, 3.05) is 23.9 Å². The van der Waals surface area contributed by atoms with Gasteiger partial charge in [0, 0.05) is 24.0 Å². The second-order valence-electron chi connectivity index (χ2n) is 8.42. The van der Waals surface area contributed by atoms with Crippen LogP contribution in [0.25, 0.3) is 0 Å². The average molecular weight is 424 g/mol. The highest BCUT2D eigenvalue weighted by molar-refractivity contribution is 6.32. The Morgan fingerprint density at radius 2 is 1.87 bits per heavy atom. The van der Waals surface area contributed by atoms with Gasteiger partial charge >= 0.3 is 6.01 Å². The lowest BCUT2D eigenvalue weighted by Crippen LogP contribution is -2.32. The standard InChI is InChI=1S/C23H26ClN5O/c1-23(2,3)15-7-9-16(10-8-15)26-20-17-11-13-29(21-18(24)6-5-12-25-21)14-19(17)27-22(28-20)30-4/h5-10,12H,11,13-14H2,1-4H3,(H,26,27,28). The van der Waals surface area contributed by atoms with E-state index >= 15 is 0 Å². The lowest BCUT2D eigenvalue weighted by atomic mass is 9.87. The van der Waals surface area contributed by atoms with Crippen LogP contribution in [0.4, 0.5) is 17.3 Å². The van der Waals surface area contributed by atoms with Crippen LogP contribution in [0.15, 0.2) is 42.6 Å². The summed E-state index contributed by atoms with van der Waals surface area (Å²) in [4.78, 5) is 15.8. The number of rotatable bonds is 4. The lowest BCUT2D eigenvalue weighted by Gasteiger charge is -2.30. The molecule has 0 fully saturated rings. The van der Waals surface area contributed by atoms with Gasteiger partial charge in [0.1, 0.15) is 11.6 Å². The van der Waals surface area contributed by atoms with Crippen LogP contribution < -0.4 is 15.0 Å². The summed E-state index contributed by atoms with van der Waals surface area (Å²) in [7, 11) is 1.58. The van der Waals surface area contributed by atoms with Gasteiger partial charge in [-0.2, -0.15) is 9.97 Å². The zero-order valence-electron chi connectivity index (χ0n) is 17.7. The van der Waals surface area contributed by atoms with Gasteiger partial charge in [-0.1, -0.05) is 44.5 Å². The van der Waals surface area contributed by atoms with Crippen molar-refractivity contribution in [2.45, 2.75) is 39.2 Å². The third-order valence-electron chi connectivity index (χ3n) is 5.28. The van der Waals surface area contributed by atoms with E-state index in [4.69, 9.17) is 16.3 Å². The van der Waals surface area contributed by atoms with Crippen molar-refractivity contribution in [3.8, 4) is 6.01 Å². The maximum atomic E-state index is 6.35. The summed E-state index contributed by atoms with van der Waals surface area (Å²) in [6.07, 6.45) is 2.54. The van der Waals surface area contributed by atoms with E-state index in [1.807, 2.05) is 12.1 Å². The normalized spacial score (nSPS) is 13.7. The van der Waals surface area contributed by atoms with E-state index in [0.29, 0.717) is 17.6 Å². The molecule has 0 atom stereocenters. The molecule has 0 aliphatic carbocycles. The summed E-state index contributed by atoms with van der Waals surface area (Å²) < 4.78 is 5.36. The predicted octanol–water partition coefficient (Wildman–Crippen LogP) is 5.14. The molecule has 1 aliphatic rings. The van der Waals surface area contributed by atoms with Crippen molar-refractivity contribution in [3.05, 3.63) is 64.4 Å². The van der Waals surface area contributed by atoms with Gasteiger partial charge in [-0.05, 0) is 41.7 Å². The molecule has 7 heteroatoms. The van der Waals surface area contributed by atoms with Crippen LogP contribution in [0.3, 0.4) is 0 Å². The van der Waals surface area contributed by atoms with Crippen molar-refractivity contribution < 1.29 is 4.74 Å². The fraction of sp³-hybridized carbons (Fsp3) is 0.348. The second-order valence-corrected chi connectivity index (χ2v) is 8.82. The number of nitrogens with one attached hydrogen (secondary N) is 1. The Kier molecular flexibility index (Phi) is 5.52. The van der Waals surface area contributed by atoms with E-state index in [2.05, 4.69) is 70.2 Å². The molecule has 1 aliphatic heterocycles. The number of fused-ring (bicyclic) bond motifs is 1. The summed E-state index contributed by atoms with van der Waals surface area (Å²) in [5.74, 6) is 1.56. The molecule has 3 aromatic rings. The molecule has 6 nitrogen and oxygen atoms in total. The third kappa shape index (κ3) is 4.19. The third-order valence-corrected chi connectivity index (χ3v) is 5.57. The van der Waals surface area contributed by atoms with Gasteiger partial charge in [0.05, 0.1) is 24.4 Å². The Hall–Kier alpha value is -2.86. The van der Waals surface area contributed by atoms with Crippen molar-refractivity contribution in [2.24, 2.45) is 0 Å². The number of anilines is 3. The quantitative estimate of drug-likeness (QED) is 0.627. The number of pyridine rings is 1. The molecule has 3 heterocycles. The highest BCUT2D eigenvalue weighted by atomic mass is 35.5. The zero-order chi connectivity index (χ0) is 21.3. The SMILES string of the molecule is COc1nc2c(c(Nc3ccc(C(C)(C)C)cc3)n1)CCN(c1ncccc1Cl)C2. The van der Waals surface area contributed by atoms with Crippen molar-refractivity contribution in [1.82, 2.24) is 15.0 Å². The number of ether oxygens (including phenoxy) is 1. The van der Waals surface area contributed by atoms with Gasteiger partial charge in [-0.15, -0.1) is 0 Å². The van der Waals surface area contributed by atoms with Crippen molar-refractivity contribution in [3.63, 3.8) is 0 Å². The molecule has 1 aromatic carbocycles. The van der Waals surface area contributed by atoms with E-state index in [1.165, 1.54) is 5.56 Å². The van der Waals surface area contributed by atoms with Crippen LogP contribution in [0, 0.1) is 0 Å². The first-order chi connectivity index (χ1) is 14.3. The Morgan fingerprint density at radius 1 is 1.10 bits per heavy atom. The highest BCUT2D eigenvalue weighted by Crippen LogP contribution is 2.32. The smallest absolute Gasteiger partial charge is 0.318 e. The number of benzene rings is 1. The monoisotopic (exact) mass is 423 g/mol. The van der Waals surface area contributed by atoms with Crippen LogP contribution in [0.2, 0.25) is 5.02 Å². The van der Waals surface area contributed by atoms with Crippen LogP contribution in [-0.4, -0.2) is 28.6 Å². The lowest BCUT2D eigenvalue weighted by molar-refractivity contribution is 0.377. The zero-order valence-corrected chi connectivity index (χ0v) is 18.5. The number of hydrogen-bond acceptors (Lipinski definition) is 6. The minimum Gasteiger partial charge on any atom is -0.467 e. The molecule has 0 bridgehead atoms. The molecule has 0 saturated carbocycles. The molecule has 1 N–H and O–H groups in total. The predicted molar refractivity (Wildman–Crippen MR) is 121 cm³/mol. The Morgan fingerprint density at radius 3 is 2.53 bits per heavy atom. The van der Waals surface area contributed by atoms with Crippen LogP contribution in [0.1, 0.15) is 37.6 Å². The Balaban J connectivity index is 1.63. The fourth-order valence-corrected chi connectivity index (χ4v) is 3.82. The molecule has 0 saturated heterocycles. The van der Waals surface area contributed by atoms with Crippen molar-refractivity contribution >= 4 is 28.9 Å². The van der Waals surface area contributed by atoms with E-state index < -0.39 is 0 Å². The van der Waals surface area contributed by atoms with Crippen molar-refractivity contribution in [1.29, 1.82) is 0 Å². The fourth-order valence-electron chi connectivity index (χ4n) is 3.58. The Bertz CT molecular complexity index is 1050. The van der Waals surface area contributed by atoms with Gasteiger partial charge in [0.15, 0.2) is 0 Å². The molecule has 0 amide bonds. The van der Waals surface area contributed by atoms with Crippen LogP contribution in [0.5, 0.6) is 6.01 Å². The molecule has 0 radical (unpaired) electrons. The number of halogens is 1. The molecule has 0 unspecified atom stereocenters. The maximum Gasteiger partial charge on any atom is 0.318 e. The number of methoxy groups -OCH3 is 1. The summed E-state index contributed by atoms with van der Waals surface area (Å²) >= 11 is 6.35. The van der Waals surface area contributed by atoms with Gasteiger partial charge < -0.3 is 15.0 Å². The molecule has 2 aromatic heterocycles. The summed E-state index contributed by atoms with van der Waals surface area (Å²) in [6, 6.07) is 12.5. The molecular weight excluding hydrogens is 398 g/mol. The van der Waals surface area contributed by atoms with Gasteiger partial charge in [-0.3, -0.25) is 0 Å². The second kappa shape index (κ2) is 8.11. The van der Waals surface area contributed by atoms with E-state index in [-0.39, 0.29) is 5.41 Å². The molecule has 0 spiro atoms. The molecule has 30 heavy (non-hydrogen) atoms. The Labute approximate surface area is 182 Å². The van der Waals surface area contributed by atoms with Crippen LogP contribution >= 0.6 is 11.6 Å². The minimum absolute atomic E-state index is 0.117. The summed E-state index contributed by atoms with van der Waals surface area (Å²) in [6.45, 7) is 8.02. The highest BCUT2D eigenvalue weighted by Gasteiger charge is 2.25. The maximum absolute atomic E-state index is 6.35. The van der Waals surface area contributed by atoms with Gasteiger partial charge in [0.25, 0.3) is 0 Å². The van der Waals surface area contributed by atoms with Gasteiger partial charge in [0.2, 0.25) is 0 Å². The van der Waals surface area contributed by atoms with E-state index in [9.17, 15) is 0 Å². The molecule has 4 rings (SSSR count). The topological polar surface area (TPSA) is 63.2 Å². The molecule has 156 valence electrons. The van der Waals surface area contributed by atoms with E-state index in [0.717, 1.165) is 41.5 Å². The first-order valence-corrected chi connectivity index (χ1v) is 10.4. The molecular formula is C23H26ClN5O. The first kappa shape index (κ1) is 20.4. The van der Waals surface area contributed by atoms with Crippen LogP contribution in [-0.2, 0) is 18.4 Å². The first-order valence-electron chi connectivity index (χ1n) is 10.0. The largest absolute Gasteiger partial charge is 0.467 e. The number of nitrogens with zero attached hydrogens (tertiary/aromatic N) is 4. The number of hydrogen-bond donors (Lipinski definition) is 1. The average Bonchev–Trinajstić information content (AvgIpc) is 2.73. The van der Waals surface area contributed by atoms with Gasteiger partial charge in [-0.25, -0.2) is 4.98 Å². The summed E-state index contributed by atoms with van der Waals surface area (Å²) in [5.41, 5.74) is 4.41. The number of aromatic nitrogens is 3. The minimum atomic E-state index is 0.117. The van der Waals surface area contributed by atoms with E-state index in [1.54, 1.807) is 13.3 Å².